The lowest BCUT2D eigenvalue weighted by atomic mass is 10.1. The molecule has 2 fully saturated rings. The highest BCUT2D eigenvalue weighted by Gasteiger charge is 2.25. The molecule has 0 N–H and O–H groups in total. The van der Waals surface area contributed by atoms with Crippen LogP contribution in [0, 0.1) is 5.82 Å². The third-order valence-electron chi connectivity index (χ3n) is 5.92. The lowest BCUT2D eigenvalue weighted by Crippen LogP contribution is -2.38. The molecular weight excluding hydrogens is 411 g/mol. The molecule has 1 amide bonds. The van der Waals surface area contributed by atoms with Gasteiger partial charge in [-0.2, -0.15) is 0 Å². The fourth-order valence-corrected chi connectivity index (χ4v) is 4.09. The van der Waals surface area contributed by atoms with Crippen molar-refractivity contribution in [1.29, 1.82) is 0 Å². The van der Waals surface area contributed by atoms with Gasteiger partial charge in [-0.25, -0.2) is 4.39 Å². The number of morpholine rings is 1. The van der Waals surface area contributed by atoms with Crippen LogP contribution in [0.15, 0.2) is 48.5 Å². The van der Waals surface area contributed by atoms with Crippen LogP contribution in [0.4, 0.5) is 4.39 Å². The zero-order valence-corrected chi connectivity index (χ0v) is 18.4. The molecule has 1 atom stereocenters. The van der Waals surface area contributed by atoms with Crippen LogP contribution in [0.5, 0.6) is 5.75 Å². The normalized spacial score (nSPS) is 19.1. The number of nitrogens with zero attached hydrogens (tertiary/aromatic N) is 2. The second-order valence-electron chi connectivity index (χ2n) is 8.25. The Morgan fingerprint density at radius 2 is 1.88 bits per heavy atom. The third kappa shape index (κ3) is 6.28. The molecule has 2 aromatic rings. The number of ether oxygens (including phenoxy) is 3. The van der Waals surface area contributed by atoms with Crippen LogP contribution in [0.3, 0.4) is 0 Å². The fraction of sp³-hybridized carbons (Fsp3) is 0.480. The summed E-state index contributed by atoms with van der Waals surface area (Å²) in [5.41, 5.74) is 1.06. The zero-order valence-electron chi connectivity index (χ0n) is 18.4. The Hall–Kier alpha value is -2.48. The van der Waals surface area contributed by atoms with Crippen LogP contribution in [0.25, 0.3) is 0 Å². The van der Waals surface area contributed by atoms with E-state index in [0.717, 1.165) is 57.0 Å². The molecule has 32 heavy (non-hydrogen) atoms. The molecule has 2 aliphatic rings. The van der Waals surface area contributed by atoms with Gasteiger partial charge in [0.05, 0.1) is 24.9 Å². The van der Waals surface area contributed by atoms with Crippen molar-refractivity contribution in [2.75, 3.05) is 52.6 Å². The maximum absolute atomic E-state index is 14.3. The molecule has 2 heterocycles. The number of carbonyl (C=O) groups excluding carboxylic acids is 1. The maximum atomic E-state index is 14.3. The van der Waals surface area contributed by atoms with E-state index in [2.05, 4.69) is 4.90 Å². The topological polar surface area (TPSA) is 51.2 Å². The number of halogens is 1. The molecule has 1 unspecified atom stereocenters. The Kier molecular flexibility index (Phi) is 8.09. The van der Waals surface area contributed by atoms with Gasteiger partial charge in [0.15, 0.2) is 0 Å². The standard InChI is InChI=1S/C25H31FN2O4/c26-24-6-2-1-5-23(24)25(29)28(19-22-4-3-14-31-22)18-20-7-9-21(10-8-20)32-17-13-27-11-15-30-16-12-27/h1-2,5-10,22H,3-4,11-19H2. The van der Waals surface area contributed by atoms with Crippen LogP contribution in [0.1, 0.15) is 28.8 Å². The Morgan fingerprint density at radius 3 is 2.59 bits per heavy atom. The summed E-state index contributed by atoms with van der Waals surface area (Å²) in [7, 11) is 0. The van der Waals surface area contributed by atoms with E-state index in [1.54, 1.807) is 17.0 Å². The molecule has 172 valence electrons. The smallest absolute Gasteiger partial charge is 0.257 e. The molecule has 0 aromatic heterocycles. The minimum atomic E-state index is -0.501. The molecule has 0 bridgehead atoms. The summed E-state index contributed by atoms with van der Waals surface area (Å²) in [6.07, 6.45) is 1.90. The van der Waals surface area contributed by atoms with Crippen LogP contribution in [0.2, 0.25) is 0 Å². The van der Waals surface area contributed by atoms with E-state index in [0.29, 0.717) is 26.3 Å². The van der Waals surface area contributed by atoms with Gasteiger partial charge in [-0.3, -0.25) is 9.69 Å². The summed E-state index contributed by atoms with van der Waals surface area (Å²) < 4.78 is 31.2. The maximum Gasteiger partial charge on any atom is 0.257 e. The number of carbonyl (C=O) groups is 1. The number of rotatable bonds is 9. The van der Waals surface area contributed by atoms with Crippen molar-refractivity contribution in [3.63, 3.8) is 0 Å². The molecule has 0 aliphatic carbocycles. The number of hydrogen-bond acceptors (Lipinski definition) is 5. The van der Waals surface area contributed by atoms with Crippen molar-refractivity contribution in [2.45, 2.75) is 25.5 Å². The summed E-state index contributed by atoms with van der Waals surface area (Å²) in [5.74, 6) is -0.0172. The van der Waals surface area contributed by atoms with Gasteiger partial charge in [0.2, 0.25) is 0 Å². The number of amides is 1. The quantitative estimate of drug-likeness (QED) is 0.596. The Balaban J connectivity index is 1.36. The lowest BCUT2D eigenvalue weighted by Gasteiger charge is -2.26. The summed E-state index contributed by atoms with van der Waals surface area (Å²) in [4.78, 5) is 17.1. The Bertz CT molecular complexity index is 865. The average molecular weight is 443 g/mol. The van der Waals surface area contributed by atoms with Gasteiger partial charge in [0.25, 0.3) is 5.91 Å². The molecule has 7 heteroatoms. The molecular formula is C25H31FN2O4. The van der Waals surface area contributed by atoms with Gasteiger partial charge in [0, 0.05) is 39.3 Å². The predicted molar refractivity (Wildman–Crippen MR) is 119 cm³/mol. The van der Waals surface area contributed by atoms with Crippen molar-refractivity contribution in [3.8, 4) is 5.75 Å². The highest BCUT2D eigenvalue weighted by molar-refractivity contribution is 5.94. The third-order valence-corrected chi connectivity index (χ3v) is 5.92. The van der Waals surface area contributed by atoms with Crippen LogP contribution in [-0.4, -0.2) is 74.4 Å². The Morgan fingerprint density at radius 1 is 1.09 bits per heavy atom. The monoisotopic (exact) mass is 442 g/mol. The van der Waals surface area contributed by atoms with Gasteiger partial charge in [-0.1, -0.05) is 24.3 Å². The zero-order chi connectivity index (χ0) is 22.2. The van der Waals surface area contributed by atoms with Crippen molar-refractivity contribution in [2.24, 2.45) is 0 Å². The van der Waals surface area contributed by atoms with E-state index >= 15 is 0 Å². The fourth-order valence-electron chi connectivity index (χ4n) is 4.09. The van der Waals surface area contributed by atoms with E-state index in [1.165, 1.54) is 12.1 Å². The molecule has 2 aliphatic heterocycles. The lowest BCUT2D eigenvalue weighted by molar-refractivity contribution is 0.0322. The minimum absolute atomic E-state index is 0.00600. The molecule has 0 saturated carbocycles. The van der Waals surface area contributed by atoms with Crippen molar-refractivity contribution >= 4 is 5.91 Å². The largest absolute Gasteiger partial charge is 0.492 e. The van der Waals surface area contributed by atoms with E-state index in [4.69, 9.17) is 14.2 Å². The van der Waals surface area contributed by atoms with E-state index < -0.39 is 5.82 Å². The van der Waals surface area contributed by atoms with Crippen molar-refractivity contribution < 1.29 is 23.4 Å². The minimum Gasteiger partial charge on any atom is -0.492 e. The molecule has 6 nitrogen and oxygen atoms in total. The summed E-state index contributed by atoms with van der Waals surface area (Å²) in [6, 6.07) is 13.9. The first-order chi connectivity index (χ1) is 15.7. The molecule has 0 radical (unpaired) electrons. The van der Waals surface area contributed by atoms with Crippen molar-refractivity contribution in [3.05, 3.63) is 65.5 Å². The first kappa shape index (κ1) is 22.7. The van der Waals surface area contributed by atoms with Crippen LogP contribution in [-0.2, 0) is 16.0 Å². The summed E-state index contributed by atoms with van der Waals surface area (Å²) >= 11 is 0. The predicted octanol–water partition coefficient (Wildman–Crippen LogP) is 3.36. The van der Waals surface area contributed by atoms with Crippen molar-refractivity contribution in [1.82, 2.24) is 9.80 Å². The second-order valence-corrected chi connectivity index (χ2v) is 8.25. The SMILES string of the molecule is O=C(c1ccccc1F)N(Cc1ccc(OCCN2CCOCC2)cc1)CC1CCCO1. The first-order valence-corrected chi connectivity index (χ1v) is 11.4. The van der Waals surface area contributed by atoms with E-state index in [9.17, 15) is 9.18 Å². The van der Waals surface area contributed by atoms with Gasteiger partial charge in [-0.05, 0) is 42.7 Å². The van der Waals surface area contributed by atoms with Gasteiger partial charge >= 0.3 is 0 Å². The molecule has 0 spiro atoms. The highest BCUT2D eigenvalue weighted by atomic mass is 19.1. The van der Waals surface area contributed by atoms with Gasteiger partial charge in [-0.15, -0.1) is 0 Å². The summed E-state index contributed by atoms with van der Waals surface area (Å²) in [6.45, 7) is 6.49. The molecule has 2 aromatic carbocycles. The van der Waals surface area contributed by atoms with Crippen LogP contribution >= 0.6 is 0 Å². The second kappa shape index (κ2) is 11.4. The molecule has 2 saturated heterocycles. The first-order valence-electron chi connectivity index (χ1n) is 11.4. The Labute approximate surface area is 188 Å². The number of hydrogen-bond donors (Lipinski definition) is 0. The van der Waals surface area contributed by atoms with Crippen LogP contribution < -0.4 is 4.74 Å². The summed E-state index contributed by atoms with van der Waals surface area (Å²) in [5, 5.41) is 0. The van der Waals surface area contributed by atoms with Gasteiger partial charge < -0.3 is 19.1 Å². The highest BCUT2D eigenvalue weighted by Crippen LogP contribution is 2.20. The average Bonchev–Trinajstić information content (AvgIpc) is 3.34. The van der Waals surface area contributed by atoms with E-state index in [1.807, 2.05) is 24.3 Å². The van der Waals surface area contributed by atoms with E-state index in [-0.39, 0.29) is 17.6 Å². The van der Waals surface area contributed by atoms with Gasteiger partial charge in [0.1, 0.15) is 18.2 Å². The number of benzene rings is 2. The molecule has 4 rings (SSSR count).